The average molecular weight is 272 g/mol. The second-order valence-electron chi connectivity index (χ2n) is 5.56. The van der Waals surface area contributed by atoms with Gasteiger partial charge in [0, 0.05) is 6.42 Å². The topological polar surface area (TPSA) is 57.5 Å². The molecule has 0 bridgehead atoms. The lowest BCUT2D eigenvalue weighted by Crippen LogP contribution is -2.04. The van der Waals surface area contributed by atoms with Crippen LogP contribution in [0.25, 0.3) is 0 Å². The summed E-state index contributed by atoms with van der Waals surface area (Å²) in [6.45, 7) is 2.11. The van der Waals surface area contributed by atoms with Gasteiger partial charge in [0.25, 0.3) is 0 Å². The smallest absolute Gasteiger partial charge is 0.303 e. The van der Waals surface area contributed by atoms with Crippen molar-refractivity contribution in [2.24, 2.45) is 0 Å². The van der Waals surface area contributed by atoms with E-state index in [9.17, 15) is 9.90 Å². The van der Waals surface area contributed by atoms with Gasteiger partial charge in [-0.1, -0.05) is 64.7 Å². The van der Waals surface area contributed by atoms with Gasteiger partial charge in [-0.25, -0.2) is 0 Å². The number of aliphatic carboxylic acids is 1. The number of aliphatic hydroxyl groups is 1. The van der Waals surface area contributed by atoms with Gasteiger partial charge in [0.05, 0.1) is 6.10 Å². The Bertz CT molecular complexity index is 204. The lowest BCUT2D eigenvalue weighted by atomic mass is 10.0. The Morgan fingerprint density at radius 2 is 1.32 bits per heavy atom. The number of hydrogen-bond donors (Lipinski definition) is 2. The highest BCUT2D eigenvalue weighted by molar-refractivity contribution is 5.66. The van der Waals surface area contributed by atoms with E-state index in [0.29, 0.717) is 6.42 Å². The fourth-order valence-electron chi connectivity index (χ4n) is 2.37. The molecule has 0 aliphatic rings. The molecule has 0 aromatic heterocycles. The Morgan fingerprint density at radius 1 is 0.842 bits per heavy atom. The van der Waals surface area contributed by atoms with Gasteiger partial charge in [-0.05, 0) is 19.3 Å². The Labute approximate surface area is 118 Å². The van der Waals surface area contributed by atoms with Crippen LogP contribution >= 0.6 is 0 Å². The summed E-state index contributed by atoms with van der Waals surface area (Å²) in [5.74, 6) is -0.676. The zero-order valence-electron chi connectivity index (χ0n) is 12.6. The molecule has 0 radical (unpaired) electrons. The minimum Gasteiger partial charge on any atom is -0.481 e. The number of carboxylic acid groups (broad SMARTS) is 1. The fraction of sp³-hybridized carbons (Fsp3) is 0.938. The van der Waals surface area contributed by atoms with Crippen molar-refractivity contribution in [3.05, 3.63) is 0 Å². The maximum atomic E-state index is 10.3. The zero-order chi connectivity index (χ0) is 14.3. The molecule has 0 aromatic rings. The van der Waals surface area contributed by atoms with Gasteiger partial charge in [-0.3, -0.25) is 4.79 Å². The second-order valence-corrected chi connectivity index (χ2v) is 5.56. The number of aliphatic hydroxyl groups excluding tert-OH is 1. The molecule has 0 saturated carbocycles. The molecule has 0 rings (SSSR count). The molecule has 0 amide bonds. The molecule has 0 aromatic carbocycles. The monoisotopic (exact) mass is 272 g/mol. The van der Waals surface area contributed by atoms with E-state index in [4.69, 9.17) is 5.11 Å². The quantitative estimate of drug-likeness (QED) is 0.457. The van der Waals surface area contributed by atoms with Crippen LogP contribution in [0.4, 0.5) is 0 Å². The van der Waals surface area contributed by atoms with Gasteiger partial charge >= 0.3 is 5.97 Å². The van der Waals surface area contributed by atoms with Crippen LogP contribution in [0.15, 0.2) is 0 Å². The molecule has 19 heavy (non-hydrogen) atoms. The largest absolute Gasteiger partial charge is 0.481 e. The maximum Gasteiger partial charge on any atom is 0.303 e. The summed E-state index contributed by atoms with van der Waals surface area (Å²) in [5.41, 5.74) is 0. The lowest BCUT2D eigenvalue weighted by Gasteiger charge is -2.08. The standard InChI is InChI=1S/C16H32O3/c1-2-12-15(17)13-10-8-6-4-3-5-7-9-11-14-16(18)19/h15,17H,2-14H2,1H3,(H,18,19)/t15-/m1/s1. The Morgan fingerprint density at radius 3 is 1.79 bits per heavy atom. The molecule has 3 heteroatoms. The molecule has 2 N–H and O–H groups in total. The first kappa shape index (κ1) is 18.4. The van der Waals surface area contributed by atoms with Gasteiger partial charge in [-0.15, -0.1) is 0 Å². The number of unbranched alkanes of at least 4 members (excludes halogenated alkanes) is 8. The van der Waals surface area contributed by atoms with Gasteiger partial charge < -0.3 is 10.2 Å². The van der Waals surface area contributed by atoms with Crippen molar-refractivity contribution in [3.63, 3.8) is 0 Å². The van der Waals surface area contributed by atoms with Crippen molar-refractivity contribution >= 4 is 5.97 Å². The first-order valence-corrected chi connectivity index (χ1v) is 8.06. The maximum absolute atomic E-state index is 10.3. The molecule has 0 aliphatic carbocycles. The molecule has 3 nitrogen and oxygen atoms in total. The third-order valence-electron chi connectivity index (χ3n) is 3.55. The van der Waals surface area contributed by atoms with Crippen LogP contribution in [0.3, 0.4) is 0 Å². The first-order valence-electron chi connectivity index (χ1n) is 8.06. The molecule has 1 atom stereocenters. The normalized spacial score (nSPS) is 12.5. The predicted molar refractivity (Wildman–Crippen MR) is 79.3 cm³/mol. The third kappa shape index (κ3) is 15.4. The van der Waals surface area contributed by atoms with Gasteiger partial charge in [-0.2, -0.15) is 0 Å². The van der Waals surface area contributed by atoms with Crippen LogP contribution in [-0.2, 0) is 4.79 Å². The number of rotatable bonds is 14. The van der Waals surface area contributed by atoms with Gasteiger partial charge in [0.2, 0.25) is 0 Å². The van der Waals surface area contributed by atoms with Crippen LogP contribution in [-0.4, -0.2) is 22.3 Å². The van der Waals surface area contributed by atoms with Crippen LogP contribution in [0.1, 0.15) is 90.4 Å². The first-order chi connectivity index (χ1) is 9.16. The predicted octanol–water partition coefficient (Wildman–Crippen LogP) is 4.52. The highest BCUT2D eigenvalue weighted by atomic mass is 16.4. The molecule has 114 valence electrons. The summed E-state index contributed by atoms with van der Waals surface area (Å²) in [4.78, 5) is 10.3. The minimum absolute atomic E-state index is 0.0840. The Hall–Kier alpha value is -0.570. The molecular weight excluding hydrogens is 240 g/mol. The lowest BCUT2D eigenvalue weighted by molar-refractivity contribution is -0.137. The summed E-state index contributed by atoms with van der Waals surface area (Å²) in [7, 11) is 0. The molecular formula is C16H32O3. The highest BCUT2D eigenvalue weighted by Crippen LogP contribution is 2.13. The zero-order valence-corrected chi connectivity index (χ0v) is 12.6. The van der Waals surface area contributed by atoms with Crippen LogP contribution in [0, 0.1) is 0 Å². The van der Waals surface area contributed by atoms with Crippen molar-refractivity contribution < 1.29 is 15.0 Å². The summed E-state index contributed by atoms with van der Waals surface area (Å²) in [6.07, 6.45) is 13.7. The SMILES string of the molecule is CCC[C@@H](O)CCCCCCCCCCCC(=O)O. The van der Waals surface area contributed by atoms with E-state index < -0.39 is 5.97 Å². The van der Waals surface area contributed by atoms with Crippen LogP contribution in [0.2, 0.25) is 0 Å². The average Bonchev–Trinajstić information content (AvgIpc) is 2.36. The molecule has 0 fully saturated rings. The summed E-state index contributed by atoms with van der Waals surface area (Å²) in [5, 5.41) is 18.1. The van der Waals surface area contributed by atoms with Crippen LogP contribution in [0.5, 0.6) is 0 Å². The van der Waals surface area contributed by atoms with Crippen molar-refractivity contribution in [1.29, 1.82) is 0 Å². The van der Waals surface area contributed by atoms with Crippen molar-refractivity contribution in [2.45, 2.75) is 96.5 Å². The van der Waals surface area contributed by atoms with Gasteiger partial charge in [0.15, 0.2) is 0 Å². The van der Waals surface area contributed by atoms with E-state index >= 15 is 0 Å². The van der Waals surface area contributed by atoms with E-state index in [0.717, 1.165) is 38.5 Å². The minimum atomic E-state index is -0.676. The number of carboxylic acids is 1. The van der Waals surface area contributed by atoms with Crippen molar-refractivity contribution in [2.75, 3.05) is 0 Å². The summed E-state index contributed by atoms with van der Waals surface area (Å²) in [6, 6.07) is 0. The summed E-state index contributed by atoms with van der Waals surface area (Å²) >= 11 is 0. The summed E-state index contributed by atoms with van der Waals surface area (Å²) < 4.78 is 0. The molecule has 0 heterocycles. The number of carbonyl (C=O) groups is 1. The second kappa shape index (κ2) is 13.9. The Balaban J connectivity index is 3.04. The number of hydrogen-bond acceptors (Lipinski definition) is 2. The molecule has 0 aliphatic heterocycles. The van der Waals surface area contributed by atoms with E-state index in [1.807, 2.05) is 0 Å². The van der Waals surface area contributed by atoms with E-state index in [-0.39, 0.29) is 6.10 Å². The Kier molecular flexibility index (Phi) is 13.4. The molecule has 0 unspecified atom stereocenters. The van der Waals surface area contributed by atoms with Gasteiger partial charge in [0.1, 0.15) is 0 Å². The molecule has 0 spiro atoms. The molecule has 0 saturated heterocycles. The third-order valence-corrected chi connectivity index (χ3v) is 3.55. The van der Waals surface area contributed by atoms with E-state index in [1.165, 1.54) is 38.5 Å². The highest BCUT2D eigenvalue weighted by Gasteiger charge is 2.01. The van der Waals surface area contributed by atoms with E-state index in [1.54, 1.807) is 0 Å². The van der Waals surface area contributed by atoms with Crippen molar-refractivity contribution in [3.8, 4) is 0 Å². The fourth-order valence-corrected chi connectivity index (χ4v) is 2.37. The van der Waals surface area contributed by atoms with Crippen molar-refractivity contribution in [1.82, 2.24) is 0 Å². The van der Waals surface area contributed by atoms with E-state index in [2.05, 4.69) is 6.92 Å². The van der Waals surface area contributed by atoms with Crippen LogP contribution < -0.4 is 0 Å².